The van der Waals surface area contributed by atoms with Crippen molar-refractivity contribution in [2.45, 2.75) is 13.0 Å². The summed E-state index contributed by atoms with van der Waals surface area (Å²) in [6, 6.07) is 21.3. The monoisotopic (exact) mass is 627 g/mol. The van der Waals surface area contributed by atoms with E-state index < -0.39 is 5.91 Å². The molecule has 3 aromatic carbocycles. The summed E-state index contributed by atoms with van der Waals surface area (Å²) < 4.78 is 6.71. The van der Waals surface area contributed by atoms with Crippen molar-refractivity contribution in [1.82, 2.24) is 9.80 Å². The highest BCUT2D eigenvalue weighted by molar-refractivity contribution is 14.1. The van der Waals surface area contributed by atoms with Gasteiger partial charge in [0.25, 0.3) is 5.91 Å². The molecule has 200 valence electrons. The van der Waals surface area contributed by atoms with E-state index in [4.69, 9.17) is 10.5 Å². The second-order valence-corrected chi connectivity index (χ2v) is 10.6. The summed E-state index contributed by atoms with van der Waals surface area (Å²) in [7, 11) is 3.25. The van der Waals surface area contributed by atoms with Crippen LogP contribution in [0.1, 0.15) is 21.5 Å². The maximum atomic E-state index is 13.2. The smallest absolute Gasteiger partial charge is 0.326 e. The maximum Gasteiger partial charge on any atom is 0.326 e. The molecule has 1 heterocycles. The summed E-state index contributed by atoms with van der Waals surface area (Å²) in [5.41, 5.74) is 9.46. The number of ether oxygens (including phenoxy) is 1. The third-order valence-corrected chi connectivity index (χ3v) is 7.51. The van der Waals surface area contributed by atoms with Crippen LogP contribution < -0.4 is 20.7 Å². The number of nitrogens with zero attached hydrogens (tertiary/aromatic N) is 3. The maximum absolute atomic E-state index is 13.2. The molecule has 0 spiro atoms. The summed E-state index contributed by atoms with van der Waals surface area (Å²) >= 11 is 2.21. The van der Waals surface area contributed by atoms with Crippen LogP contribution in [0.15, 0.2) is 66.7 Å². The van der Waals surface area contributed by atoms with E-state index in [1.807, 2.05) is 30.3 Å². The Bertz CT molecular complexity index is 1260. The number of nitrogens with two attached hydrogens (primary N) is 1. The molecule has 4 rings (SSSR count). The van der Waals surface area contributed by atoms with E-state index in [1.165, 1.54) is 12.7 Å². The quantitative estimate of drug-likeness (QED) is 0.343. The fourth-order valence-corrected chi connectivity index (χ4v) is 5.31. The van der Waals surface area contributed by atoms with Crippen molar-refractivity contribution in [2.75, 3.05) is 57.1 Å². The number of benzene rings is 3. The number of rotatable bonds is 9. The number of hydrogen-bond acceptors (Lipinski definition) is 5. The van der Waals surface area contributed by atoms with Gasteiger partial charge in [-0.1, -0.05) is 36.4 Å². The van der Waals surface area contributed by atoms with Gasteiger partial charge in [-0.2, -0.15) is 0 Å². The van der Waals surface area contributed by atoms with E-state index in [0.717, 1.165) is 48.4 Å². The zero-order valence-electron chi connectivity index (χ0n) is 21.8. The minimum absolute atomic E-state index is 0.281. The molecule has 8 nitrogen and oxygen atoms in total. The second-order valence-electron chi connectivity index (χ2n) is 9.36. The van der Waals surface area contributed by atoms with Gasteiger partial charge in [-0.25, -0.2) is 4.79 Å². The van der Waals surface area contributed by atoms with Gasteiger partial charge in [-0.05, 0) is 64.9 Å². The first kappa shape index (κ1) is 27.9. The first-order valence-electron chi connectivity index (χ1n) is 12.6. The topological polar surface area (TPSA) is 91.1 Å². The molecule has 0 aliphatic carbocycles. The zero-order valence-corrected chi connectivity index (χ0v) is 24.0. The molecule has 1 saturated heterocycles. The summed E-state index contributed by atoms with van der Waals surface area (Å²) in [6.45, 7) is 5.59. The third-order valence-electron chi connectivity index (χ3n) is 6.84. The molecular formula is C29H34IN5O3. The predicted molar refractivity (Wildman–Crippen MR) is 160 cm³/mol. The third kappa shape index (κ3) is 7.03. The first-order chi connectivity index (χ1) is 18.4. The Morgan fingerprint density at radius 2 is 1.71 bits per heavy atom. The largest absolute Gasteiger partial charge is 0.496 e. The predicted octanol–water partition coefficient (Wildman–Crippen LogP) is 4.43. The molecule has 0 bridgehead atoms. The highest BCUT2D eigenvalue weighted by Gasteiger charge is 2.24. The van der Waals surface area contributed by atoms with Crippen LogP contribution in [0.3, 0.4) is 0 Å². The minimum Gasteiger partial charge on any atom is -0.496 e. The van der Waals surface area contributed by atoms with Gasteiger partial charge in [-0.15, -0.1) is 0 Å². The Morgan fingerprint density at radius 3 is 2.37 bits per heavy atom. The molecule has 0 unspecified atom stereocenters. The molecule has 3 N–H and O–H groups in total. The first-order valence-corrected chi connectivity index (χ1v) is 13.7. The van der Waals surface area contributed by atoms with E-state index >= 15 is 0 Å². The number of hydrogen-bond donors (Lipinski definition) is 2. The van der Waals surface area contributed by atoms with Crippen LogP contribution in [-0.4, -0.2) is 68.6 Å². The van der Waals surface area contributed by atoms with Crippen molar-refractivity contribution in [3.05, 3.63) is 87.0 Å². The van der Waals surface area contributed by atoms with Crippen LogP contribution in [0, 0.1) is 3.57 Å². The van der Waals surface area contributed by atoms with Crippen molar-refractivity contribution < 1.29 is 14.3 Å². The number of primary amides is 1. The van der Waals surface area contributed by atoms with Crippen LogP contribution in [-0.2, 0) is 13.0 Å². The fourth-order valence-electron chi connectivity index (χ4n) is 4.77. The average Bonchev–Trinajstić information content (AvgIpc) is 2.92. The van der Waals surface area contributed by atoms with E-state index in [1.54, 1.807) is 24.1 Å². The lowest BCUT2D eigenvalue weighted by atomic mass is 10.0. The number of anilines is 2. The molecule has 3 aromatic rings. The lowest BCUT2D eigenvalue weighted by Crippen LogP contribution is -2.46. The van der Waals surface area contributed by atoms with Crippen LogP contribution in [0.4, 0.5) is 16.2 Å². The summed E-state index contributed by atoms with van der Waals surface area (Å²) in [5.74, 6) is -0.137. The van der Waals surface area contributed by atoms with Crippen molar-refractivity contribution in [3.63, 3.8) is 0 Å². The molecule has 0 radical (unpaired) electrons. The van der Waals surface area contributed by atoms with E-state index in [9.17, 15) is 9.59 Å². The Labute approximate surface area is 237 Å². The van der Waals surface area contributed by atoms with Gasteiger partial charge in [-0.3, -0.25) is 14.6 Å². The van der Waals surface area contributed by atoms with Crippen LogP contribution in [0.25, 0.3) is 0 Å². The highest BCUT2D eigenvalue weighted by Crippen LogP contribution is 2.34. The van der Waals surface area contributed by atoms with Crippen LogP contribution in [0.2, 0.25) is 0 Å². The molecule has 1 aliphatic rings. The molecule has 0 atom stereocenters. The summed E-state index contributed by atoms with van der Waals surface area (Å²) in [4.78, 5) is 31.7. The summed E-state index contributed by atoms with van der Waals surface area (Å²) in [6.07, 6.45) is 0.610. The molecule has 0 saturated carbocycles. The van der Waals surface area contributed by atoms with E-state index in [2.05, 4.69) is 62.0 Å². The van der Waals surface area contributed by atoms with Gasteiger partial charge in [0.15, 0.2) is 0 Å². The molecular weight excluding hydrogens is 593 g/mol. The molecule has 38 heavy (non-hydrogen) atoms. The number of carbonyl (C=O) groups is 2. The SMILES string of the molecule is COc1c(C(N)=O)ccc(N(C)C(=O)Nc2cccc(I)c2)c1CCN1CCN(Cc2ccccc2)CC1. The van der Waals surface area contributed by atoms with Gasteiger partial charge in [0, 0.05) is 61.1 Å². The Balaban J connectivity index is 1.47. The van der Waals surface area contributed by atoms with Crippen molar-refractivity contribution in [1.29, 1.82) is 0 Å². The lowest BCUT2D eigenvalue weighted by Gasteiger charge is -2.35. The van der Waals surface area contributed by atoms with E-state index in [0.29, 0.717) is 29.1 Å². The molecule has 3 amide bonds. The molecule has 9 heteroatoms. The van der Waals surface area contributed by atoms with Crippen molar-refractivity contribution in [2.24, 2.45) is 5.73 Å². The molecule has 1 aliphatic heterocycles. The van der Waals surface area contributed by atoms with Gasteiger partial charge < -0.3 is 20.7 Å². The zero-order chi connectivity index (χ0) is 27.1. The Kier molecular flexibility index (Phi) is 9.59. The van der Waals surface area contributed by atoms with Gasteiger partial charge in [0.2, 0.25) is 0 Å². The summed E-state index contributed by atoms with van der Waals surface area (Å²) in [5, 5.41) is 2.95. The number of amides is 3. The number of nitrogens with one attached hydrogen (secondary N) is 1. The van der Waals surface area contributed by atoms with Crippen LogP contribution in [0.5, 0.6) is 5.75 Å². The highest BCUT2D eigenvalue weighted by atomic mass is 127. The number of methoxy groups -OCH3 is 1. The standard InChI is InChI=1S/C29H34IN5O3/c1-33(29(37)32-23-10-6-9-22(30)19-23)26-12-11-25(28(31)36)27(38-2)24(26)13-14-34-15-17-35(18-16-34)20-21-7-4-3-5-8-21/h3-12,19H,13-18,20H2,1-2H3,(H2,31,36)(H,32,37). The van der Waals surface area contributed by atoms with Crippen molar-refractivity contribution >= 4 is 45.9 Å². The average molecular weight is 628 g/mol. The number of urea groups is 1. The normalized spacial score (nSPS) is 14.2. The number of piperazine rings is 1. The minimum atomic E-state index is -0.560. The second kappa shape index (κ2) is 13.1. The fraction of sp³-hybridized carbons (Fsp3) is 0.310. The lowest BCUT2D eigenvalue weighted by molar-refractivity contribution is 0.0997. The number of halogens is 1. The van der Waals surface area contributed by atoms with E-state index in [-0.39, 0.29) is 6.03 Å². The Morgan fingerprint density at radius 1 is 1.00 bits per heavy atom. The van der Waals surface area contributed by atoms with Gasteiger partial charge >= 0.3 is 6.03 Å². The number of carbonyl (C=O) groups excluding carboxylic acids is 2. The molecule has 0 aromatic heterocycles. The van der Waals surface area contributed by atoms with Crippen LogP contribution >= 0.6 is 22.6 Å². The molecule has 1 fully saturated rings. The Hall–Kier alpha value is -3.15. The van der Waals surface area contributed by atoms with Gasteiger partial charge in [0.1, 0.15) is 5.75 Å². The van der Waals surface area contributed by atoms with Crippen molar-refractivity contribution in [3.8, 4) is 5.75 Å². The van der Waals surface area contributed by atoms with Gasteiger partial charge in [0.05, 0.1) is 18.4 Å².